The van der Waals surface area contributed by atoms with Crippen LogP contribution >= 0.6 is 11.3 Å². The molecule has 1 aliphatic heterocycles. The fraction of sp³-hybridized carbons (Fsp3) is 0.348. The number of halogens is 1. The standard InChI is InChI=1S/C23H21FN4O3S/c1-25-14-5-3-4-10-7-27(8-12(10)14)20-13(24)6-11-19-16(20)18(26-2)15-9-32-22(28(15)19)17(21(11)29)23(30)31/h3,5-6,9-10,12,14,25H,4,7-8H2,1-2H3,(H,30,31). The minimum Gasteiger partial charge on any atom is -0.477 e. The summed E-state index contributed by atoms with van der Waals surface area (Å²) >= 11 is 1.20. The number of carboxylic acids is 1. The molecular formula is C23H21FN4O3S. The zero-order chi connectivity index (χ0) is 22.3. The van der Waals surface area contributed by atoms with Crippen molar-refractivity contribution in [3.63, 3.8) is 0 Å². The molecule has 3 aromatic heterocycles. The molecule has 1 fully saturated rings. The lowest BCUT2D eigenvalue weighted by Gasteiger charge is -2.28. The predicted molar refractivity (Wildman–Crippen MR) is 123 cm³/mol. The fourth-order valence-corrected chi connectivity index (χ4v) is 6.85. The van der Waals surface area contributed by atoms with E-state index in [2.05, 4.69) is 27.4 Å². The number of rotatable bonds is 3. The first-order valence-electron chi connectivity index (χ1n) is 10.6. The maximum absolute atomic E-state index is 15.7. The minimum absolute atomic E-state index is 0.0841. The van der Waals surface area contributed by atoms with Crippen molar-refractivity contribution >= 4 is 49.6 Å². The zero-order valence-electron chi connectivity index (χ0n) is 17.6. The fourth-order valence-electron chi connectivity index (χ4n) is 5.81. The molecule has 0 bridgehead atoms. The van der Waals surface area contributed by atoms with Crippen molar-refractivity contribution < 1.29 is 14.3 Å². The number of nitrogens with zero attached hydrogens (tertiary/aromatic N) is 3. The Labute approximate surface area is 185 Å². The molecule has 1 saturated heterocycles. The number of carboxylic acid groups (broad SMARTS) is 1. The van der Waals surface area contributed by atoms with E-state index in [9.17, 15) is 14.7 Å². The number of thiazole rings is 1. The third-order valence-corrected chi connectivity index (χ3v) is 8.11. The van der Waals surface area contributed by atoms with E-state index in [0.717, 1.165) is 13.0 Å². The van der Waals surface area contributed by atoms with E-state index in [0.29, 0.717) is 50.7 Å². The van der Waals surface area contributed by atoms with Gasteiger partial charge in [0.2, 0.25) is 5.43 Å². The molecule has 1 aromatic carbocycles. The van der Waals surface area contributed by atoms with Gasteiger partial charge in [0.25, 0.3) is 0 Å². The van der Waals surface area contributed by atoms with Gasteiger partial charge in [0, 0.05) is 37.5 Å². The van der Waals surface area contributed by atoms with Crippen molar-refractivity contribution in [3.05, 3.63) is 50.6 Å². The Balaban J connectivity index is 1.68. The lowest BCUT2D eigenvalue weighted by molar-refractivity contribution is 0.0697. The minimum atomic E-state index is -1.31. The number of hydrogen-bond donors (Lipinski definition) is 2. The molecule has 6 rings (SSSR count). The van der Waals surface area contributed by atoms with E-state index in [1.165, 1.54) is 17.4 Å². The van der Waals surface area contributed by atoms with Gasteiger partial charge in [0.15, 0.2) is 0 Å². The maximum atomic E-state index is 15.7. The number of aromatic carboxylic acids is 1. The number of nitrogens with one attached hydrogen (secondary N) is 1. The SMILES string of the molecule is CN=c1c2c(N3CC4CC=CC(NC)C4C3)c(F)cc3c(=O)c(C(=O)O)c4scc1n4c32. The smallest absolute Gasteiger partial charge is 0.342 e. The van der Waals surface area contributed by atoms with Gasteiger partial charge in [-0.1, -0.05) is 12.2 Å². The Morgan fingerprint density at radius 1 is 1.38 bits per heavy atom. The molecule has 32 heavy (non-hydrogen) atoms. The molecule has 0 spiro atoms. The third-order valence-electron chi connectivity index (χ3n) is 7.16. The Morgan fingerprint density at radius 3 is 2.91 bits per heavy atom. The van der Waals surface area contributed by atoms with Gasteiger partial charge < -0.3 is 15.3 Å². The summed E-state index contributed by atoms with van der Waals surface area (Å²) in [6.45, 7) is 1.42. The molecule has 0 saturated carbocycles. The van der Waals surface area contributed by atoms with E-state index in [4.69, 9.17) is 0 Å². The molecule has 9 heteroatoms. The van der Waals surface area contributed by atoms with Gasteiger partial charge in [0.05, 0.1) is 32.9 Å². The highest BCUT2D eigenvalue weighted by atomic mass is 32.1. The van der Waals surface area contributed by atoms with E-state index < -0.39 is 17.2 Å². The molecule has 3 unspecified atom stereocenters. The molecule has 2 aliphatic rings. The highest BCUT2D eigenvalue weighted by molar-refractivity contribution is 7.16. The largest absolute Gasteiger partial charge is 0.477 e. The highest BCUT2D eigenvalue weighted by Crippen LogP contribution is 2.41. The zero-order valence-corrected chi connectivity index (χ0v) is 18.4. The molecule has 164 valence electrons. The van der Waals surface area contributed by atoms with Crippen molar-refractivity contribution in [1.82, 2.24) is 9.72 Å². The summed E-state index contributed by atoms with van der Waals surface area (Å²) in [4.78, 5) is 31.9. The molecule has 4 heterocycles. The van der Waals surface area contributed by atoms with Gasteiger partial charge >= 0.3 is 5.97 Å². The first-order chi connectivity index (χ1) is 15.5. The molecule has 4 aromatic rings. The molecule has 1 aliphatic carbocycles. The normalized spacial score (nSPS) is 23.9. The van der Waals surface area contributed by atoms with Crippen molar-refractivity contribution in [2.45, 2.75) is 12.5 Å². The molecule has 2 N–H and O–H groups in total. The molecule has 0 amide bonds. The lowest BCUT2D eigenvalue weighted by Crippen LogP contribution is -2.38. The topological polar surface area (TPSA) is 86.4 Å². The van der Waals surface area contributed by atoms with E-state index in [-0.39, 0.29) is 17.0 Å². The van der Waals surface area contributed by atoms with E-state index >= 15 is 4.39 Å². The summed E-state index contributed by atoms with van der Waals surface area (Å²) < 4.78 is 17.5. The van der Waals surface area contributed by atoms with Crippen LogP contribution in [-0.4, -0.2) is 48.7 Å². The molecule has 7 nitrogen and oxygen atoms in total. The van der Waals surface area contributed by atoms with E-state index in [1.54, 1.807) is 16.8 Å². The van der Waals surface area contributed by atoms with Crippen LogP contribution in [0.4, 0.5) is 10.1 Å². The average Bonchev–Trinajstić information content (AvgIpc) is 3.46. The number of carbonyl (C=O) groups is 1. The van der Waals surface area contributed by atoms with Crippen LogP contribution in [0.25, 0.3) is 26.6 Å². The Morgan fingerprint density at radius 2 is 2.19 bits per heavy atom. The number of hydrogen-bond acceptors (Lipinski definition) is 6. The van der Waals surface area contributed by atoms with Gasteiger partial charge in [-0.25, -0.2) is 9.18 Å². The van der Waals surface area contributed by atoms with Crippen molar-refractivity contribution in [2.75, 3.05) is 32.1 Å². The summed E-state index contributed by atoms with van der Waals surface area (Å²) in [6, 6.07) is 1.45. The predicted octanol–water partition coefficient (Wildman–Crippen LogP) is 2.51. The number of aromatic nitrogens is 1. The van der Waals surface area contributed by atoms with Crippen molar-refractivity contribution in [2.24, 2.45) is 16.8 Å². The summed E-state index contributed by atoms with van der Waals surface area (Å²) in [5.41, 5.74) is 0.744. The van der Waals surface area contributed by atoms with Crippen LogP contribution in [0.15, 0.2) is 33.4 Å². The molecule has 3 atom stereocenters. The van der Waals surface area contributed by atoms with Gasteiger partial charge in [-0.2, -0.15) is 0 Å². The third kappa shape index (κ3) is 2.35. The van der Waals surface area contributed by atoms with E-state index in [1.807, 2.05) is 7.05 Å². The second-order valence-electron chi connectivity index (χ2n) is 8.63. The van der Waals surface area contributed by atoms with Crippen molar-refractivity contribution in [3.8, 4) is 0 Å². The number of allylic oxidation sites excluding steroid dienone is 1. The number of pyridine rings is 1. The summed E-state index contributed by atoms with van der Waals surface area (Å²) in [5.74, 6) is -1.04. The maximum Gasteiger partial charge on any atom is 0.342 e. The van der Waals surface area contributed by atoms with Crippen LogP contribution in [-0.2, 0) is 0 Å². The average molecular weight is 453 g/mol. The van der Waals surface area contributed by atoms with Crippen LogP contribution in [0, 0.1) is 17.7 Å². The van der Waals surface area contributed by atoms with Crippen LogP contribution in [0.3, 0.4) is 0 Å². The second kappa shape index (κ2) is 6.73. The monoisotopic (exact) mass is 452 g/mol. The number of benzene rings is 1. The summed E-state index contributed by atoms with van der Waals surface area (Å²) in [5, 5.41) is 16.1. The number of fused-ring (bicyclic) bond motifs is 1. The second-order valence-corrected chi connectivity index (χ2v) is 9.49. The highest BCUT2D eigenvalue weighted by Gasteiger charge is 2.40. The lowest BCUT2D eigenvalue weighted by atomic mass is 9.82. The van der Waals surface area contributed by atoms with Gasteiger partial charge in [-0.05, 0) is 25.5 Å². The first kappa shape index (κ1) is 19.6. The quantitative estimate of drug-likeness (QED) is 0.467. The Bertz CT molecular complexity index is 1560. The van der Waals surface area contributed by atoms with Gasteiger partial charge in [0.1, 0.15) is 16.2 Å². The Kier molecular flexibility index (Phi) is 4.13. The summed E-state index contributed by atoms with van der Waals surface area (Å²) in [6.07, 6.45) is 5.33. The van der Waals surface area contributed by atoms with Gasteiger partial charge in [-0.15, -0.1) is 11.3 Å². The first-order valence-corrected chi connectivity index (χ1v) is 11.5. The summed E-state index contributed by atoms with van der Waals surface area (Å²) in [7, 11) is 3.59. The Hall–Kier alpha value is -3.04. The molecule has 0 radical (unpaired) electrons. The van der Waals surface area contributed by atoms with Crippen molar-refractivity contribution in [1.29, 1.82) is 0 Å². The van der Waals surface area contributed by atoms with Gasteiger partial charge in [-0.3, -0.25) is 14.2 Å². The molecular weight excluding hydrogens is 431 g/mol. The van der Waals surface area contributed by atoms with Crippen LogP contribution in [0.1, 0.15) is 16.8 Å². The van der Waals surface area contributed by atoms with Crippen LogP contribution in [0.5, 0.6) is 0 Å². The van der Waals surface area contributed by atoms with Crippen LogP contribution < -0.4 is 21.0 Å². The van der Waals surface area contributed by atoms with Crippen LogP contribution in [0.2, 0.25) is 0 Å². The number of likely N-dealkylation sites (N-methyl/N-ethyl adjacent to an activating group) is 1. The number of anilines is 1.